The van der Waals surface area contributed by atoms with E-state index in [1.54, 1.807) is 0 Å². The Morgan fingerprint density at radius 2 is 2.05 bits per heavy atom. The SMILES string of the molecule is CCNCc1ccc(-c2cccc(OCC)c2)[nH]c1=O. The summed E-state index contributed by atoms with van der Waals surface area (Å²) in [6.45, 7) is 6.02. The molecular weight excluding hydrogens is 252 g/mol. The van der Waals surface area contributed by atoms with E-state index in [-0.39, 0.29) is 5.56 Å². The van der Waals surface area contributed by atoms with Gasteiger partial charge < -0.3 is 15.0 Å². The Labute approximate surface area is 118 Å². The second-order valence-corrected chi connectivity index (χ2v) is 4.47. The monoisotopic (exact) mass is 272 g/mol. The zero-order chi connectivity index (χ0) is 14.4. The van der Waals surface area contributed by atoms with Crippen molar-refractivity contribution in [2.45, 2.75) is 20.4 Å². The Bertz CT molecular complexity index is 620. The van der Waals surface area contributed by atoms with Gasteiger partial charge in [0, 0.05) is 23.4 Å². The Morgan fingerprint density at radius 1 is 1.20 bits per heavy atom. The topological polar surface area (TPSA) is 54.1 Å². The number of benzene rings is 1. The Morgan fingerprint density at radius 3 is 2.75 bits per heavy atom. The van der Waals surface area contributed by atoms with Crippen LogP contribution in [0.4, 0.5) is 0 Å². The molecule has 4 heteroatoms. The normalized spacial score (nSPS) is 10.5. The zero-order valence-electron chi connectivity index (χ0n) is 11.9. The Kier molecular flexibility index (Phi) is 4.96. The van der Waals surface area contributed by atoms with Crippen molar-refractivity contribution in [1.82, 2.24) is 10.3 Å². The first-order chi connectivity index (χ1) is 9.74. The molecule has 0 unspecified atom stereocenters. The molecule has 0 amide bonds. The van der Waals surface area contributed by atoms with Gasteiger partial charge in [-0.3, -0.25) is 4.79 Å². The first-order valence-corrected chi connectivity index (χ1v) is 6.90. The second kappa shape index (κ2) is 6.91. The highest BCUT2D eigenvalue weighted by atomic mass is 16.5. The minimum atomic E-state index is -0.0507. The van der Waals surface area contributed by atoms with Gasteiger partial charge in [-0.2, -0.15) is 0 Å². The van der Waals surface area contributed by atoms with E-state index in [1.165, 1.54) is 0 Å². The molecule has 1 aromatic carbocycles. The molecular formula is C16H20N2O2. The minimum Gasteiger partial charge on any atom is -0.494 e. The van der Waals surface area contributed by atoms with E-state index < -0.39 is 0 Å². The first kappa shape index (κ1) is 14.3. The molecule has 0 saturated carbocycles. The molecule has 0 radical (unpaired) electrons. The molecule has 2 aromatic rings. The highest BCUT2D eigenvalue weighted by Crippen LogP contribution is 2.21. The van der Waals surface area contributed by atoms with E-state index in [4.69, 9.17) is 4.74 Å². The van der Waals surface area contributed by atoms with Crippen LogP contribution in [0.15, 0.2) is 41.2 Å². The van der Waals surface area contributed by atoms with Gasteiger partial charge >= 0.3 is 0 Å². The number of ether oxygens (including phenoxy) is 1. The molecule has 0 aliphatic heterocycles. The third kappa shape index (κ3) is 3.48. The molecule has 1 heterocycles. The summed E-state index contributed by atoms with van der Waals surface area (Å²) in [4.78, 5) is 14.9. The van der Waals surface area contributed by atoms with Crippen molar-refractivity contribution in [2.75, 3.05) is 13.2 Å². The van der Waals surface area contributed by atoms with Gasteiger partial charge in [-0.15, -0.1) is 0 Å². The smallest absolute Gasteiger partial charge is 0.252 e. The average Bonchev–Trinajstić information content (AvgIpc) is 2.46. The molecule has 2 rings (SSSR count). The van der Waals surface area contributed by atoms with Crippen molar-refractivity contribution in [1.29, 1.82) is 0 Å². The van der Waals surface area contributed by atoms with Gasteiger partial charge in [0.15, 0.2) is 0 Å². The number of hydrogen-bond acceptors (Lipinski definition) is 3. The average molecular weight is 272 g/mol. The van der Waals surface area contributed by atoms with E-state index in [0.29, 0.717) is 13.2 Å². The lowest BCUT2D eigenvalue weighted by Crippen LogP contribution is -2.20. The van der Waals surface area contributed by atoms with Crippen LogP contribution in [0.1, 0.15) is 19.4 Å². The van der Waals surface area contributed by atoms with Crippen LogP contribution in [-0.2, 0) is 6.54 Å². The maximum Gasteiger partial charge on any atom is 0.252 e. The van der Waals surface area contributed by atoms with Gasteiger partial charge in [0.2, 0.25) is 0 Å². The summed E-state index contributed by atoms with van der Waals surface area (Å²) < 4.78 is 5.47. The van der Waals surface area contributed by atoms with Gasteiger partial charge in [-0.05, 0) is 31.7 Å². The first-order valence-electron chi connectivity index (χ1n) is 6.90. The van der Waals surface area contributed by atoms with E-state index in [1.807, 2.05) is 50.2 Å². The summed E-state index contributed by atoms with van der Waals surface area (Å²) in [5, 5.41) is 3.15. The molecule has 2 N–H and O–H groups in total. The molecule has 1 aromatic heterocycles. The molecule has 20 heavy (non-hydrogen) atoms. The van der Waals surface area contributed by atoms with E-state index >= 15 is 0 Å². The van der Waals surface area contributed by atoms with Crippen LogP contribution in [-0.4, -0.2) is 18.1 Å². The van der Waals surface area contributed by atoms with Crippen molar-refractivity contribution < 1.29 is 4.74 Å². The van der Waals surface area contributed by atoms with Crippen molar-refractivity contribution in [2.24, 2.45) is 0 Å². The van der Waals surface area contributed by atoms with Crippen LogP contribution >= 0.6 is 0 Å². The summed E-state index contributed by atoms with van der Waals surface area (Å²) in [5.74, 6) is 0.808. The summed E-state index contributed by atoms with van der Waals surface area (Å²) in [6, 6.07) is 11.5. The van der Waals surface area contributed by atoms with Gasteiger partial charge in [0.25, 0.3) is 5.56 Å². The zero-order valence-corrected chi connectivity index (χ0v) is 11.9. The van der Waals surface area contributed by atoms with Crippen LogP contribution in [0.3, 0.4) is 0 Å². The Balaban J connectivity index is 2.27. The molecule has 0 atom stereocenters. The lowest BCUT2D eigenvalue weighted by atomic mass is 10.1. The van der Waals surface area contributed by atoms with Crippen molar-refractivity contribution in [3.05, 3.63) is 52.3 Å². The number of aromatic amines is 1. The minimum absolute atomic E-state index is 0.0507. The number of rotatable bonds is 6. The molecule has 0 aliphatic rings. The van der Waals surface area contributed by atoms with E-state index in [0.717, 1.165) is 29.1 Å². The van der Waals surface area contributed by atoms with Crippen LogP contribution in [0.25, 0.3) is 11.3 Å². The van der Waals surface area contributed by atoms with Crippen molar-refractivity contribution in [3.8, 4) is 17.0 Å². The number of hydrogen-bond donors (Lipinski definition) is 2. The largest absolute Gasteiger partial charge is 0.494 e. The molecule has 0 bridgehead atoms. The summed E-state index contributed by atoms with van der Waals surface area (Å²) >= 11 is 0. The van der Waals surface area contributed by atoms with Crippen molar-refractivity contribution in [3.63, 3.8) is 0 Å². The fourth-order valence-corrected chi connectivity index (χ4v) is 1.99. The van der Waals surface area contributed by atoms with E-state index in [9.17, 15) is 4.79 Å². The lowest BCUT2D eigenvalue weighted by Gasteiger charge is -2.07. The highest BCUT2D eigenvalue weighted by Gasteiger charge is 2.04. The summed E-state index contributed by atoms with van der Waals surface area (Å²) in [6.07, 6.45) is 0. The summed E-state index contributed by atoms with van der Waals surface area (Å²) in [5.41, 5.74) is 2.45. The van der Waals surface area contributed by atoms with Crippen LogP contribution in [0.5, 0.6) is 5.75 Å². The highest BCUT2D eigenvalue weighted by molar-refractivity contribution is 5.61. The predicted octanol–water partition coefficient (Wildman–Crippen LogP) is 2.55. The fraction of sp³-hybridized carbons (Fsp3) is 0.312. The Hall–Kier alpha value is -2.07. The molecule has 4 nitrogen and oxygen atoms in total. The standard InChI is InChI=1S/C16H20N2O2/c1-3-17-11-13-8-9-15(18-16(13)19)12-6-5-7-14(10-12)20-4-2/h5-10,17H,3-4,11H2,1-2H3,(H,18,19). The third-order valence-electron chi connectivity index (χ3n) is 3.01. The van der Waals surface area contributed by atoms with Crippen LogP contribution in [0.2, 0.25) is 0 Å². The third-order valence-corrected chi connectivity index (χ3v) is 3.01. The van der Waals surface area contributed by atoms with Crippen molar-refractivity contribution >= 4 is 0 Å². The number of H-pyrrole nitrogens is 1. The molecule has 0 fully saturated rings. The number of aromatic nitrogens is 1. The van der Waals surface area contributed by atoms with Gasteiger partial charge in [-0.25, -0.2) is 0 Å². The second-order valence-electron chi connectivity index (χ2n) is 4.47. The number of nitrogens with one attached hydrogen (secondary N) is 2. The summed E-state index contributed by atoms with van der Waals surface area (Å²) in [7, 11) is 0. The lowest BCUT2D eigenvalue weighted by molar-refractivity contribution is 0.340. The predicted molar refractivity (Wildman–Crippen MR) is 81.0 cm³/mol. The maximum absolute atomic E-state index is 12.0. The molecule has 0 saturated heterocycles. The molecule has 0 spiro atoms. The fourth-order valence-electron chi connectivity index (χ4n) is 1.99. The molecule has 106 valence electrons. The number of pyridine rings is 1. The maximum atomic E-state index is 12.0. The van der Waals surface area contributed by atoms with Gasteiger partial charge in [0.05, 0.1) is 6.61 Å². The van der Waals surface area contributed by atoms with E-state index in [2.05, 4.69) is 10.3 Å². The van der Waals surface area contributed by atoms with Gasteiger partial charge in [0.1, 0.15) is 5.75 Å². The quantitative estimate of drug-likeness (QED) is 0.849. The van der Waals surface area contributed by atoms with Crippen LogP contribution in [0, 0.1) is 0 Å². The van der Waals surface area contributed by atoms with Crippen LogP contribution < -0.4 is 15.6 Å². The molecule has 0 aliphatic carbocycles. The van der Waals surface area contributed by atoms with Gasteiger partial charge in [-0.1, -0.05) is 25.1 Å².